The lowest BCUT2D eigenvalue weighted by Gasteiger charge is -2.25. The first-order valence-electron chi connectivity index (χ1n) is 12.3. The topological polar surface area (TPSA) is 89.2 Å². The number of aliphatic hydroxyl groups is 1. The molecule has 36 heavy (non-hydrogen) atoms. The van der Waals surface area contributed by atoms with Gasteiger partial charge in [-0.15, -0.1) is 0 Å². The smallest absolute Gasteiger partial charge is 0.296 e. The van der Waals surface area contributed by atoms with Crippen molar-refractivity contribution in [3.8, 4) is 11.5 Å². The number of amides is 1. The van der Waals surface area contributed by atoms with Crippen molar-refractivity contribution in [3.63, 3.8) is 0 Å². The molecule has 1 atom stereocenters. The quantitative estimate of drug-likeness (QED) is 0.157. The van der Waals surface area contributed by atoms with E-state index >= 15 is 0 Å². The SMILES string of the molecule is CCCCCOc1cccc(C2C(=C(O)c3ccc(OCC)cc3)C(=O)C(=O)N2Cc2ccco2)c1. The Morgan fingerprint density at radius 3 is 2.47 bits per heavy atom. The summed E-state index contributed by atoms with van der Waals surface area (Å²) in [5.41, 5.74) is 1.12. The molecule has 1 amide bonds. The largest absolute Gasteiger partial charge is 0.507 e. The first-order chi connectivity index (χ1) is 17.5. The molecule has 1 aromatic heterocycles. The highest BCUT2D eigenvalue weighted by Gasteiger charge is 2.46. The molecule has 1 N–H and O–H groups in total. The Morgan fingerprint density at radius 2 is 1.78 bits per heavy atom. The molecule has 2 aromatic carbocycles. The Labute approximate surface area is 210 Å². The van der Waals surface area contributed by atoms with Crippen LogP contribution in [0, 0.1) is 0 Å². The molecule has 2 heterocycles. The molecule has 0 aliphatic carbocycles. The third-order valence-corrected chi connectivity index (χ3v) is 6.08. The maximum atomic E-state index is 13.2. The number of benzene rings is 2. The van der Waals surface area contributed by atoms with Crippen LogP contribution in [0.15, 0.2) is 76.9 Å². The fraction of sp³-hybridized carbons (Fsp3) is 0.310. The maximum absolute atomic E-state index is 13.2. The molecule has 1 aliphatic heterocycles. The Bertz CT molecular complexity index is 1210. The molecule has 7 heteroatoms. The number of ether oxygens (including phenoxy) is 2. The Balaban J connectivity index is 1.74. The van der Waals surface area contributed by atoms with Crippen molar-refractivity contribution in [2.45, 2.75) is 45.7 Å². The highest BCUT2D eigenvalue weighted by molar-refractivity contribution is 6.46. The van der Waals surface area contributed by atoms with Crippen LogP contribution in [0.1, 0.15) is 56.0 Å². The van der Waals surface area contributed by atoms with Crippen LogP contribution in [0.2, 0.25) is 0 Å². The Kier molecular flexibility index (Phi) is 8.10. The Morgan fingerprint density at radius 1 is 0.972 bits per heavy atom. The van der Waals surface area contributed by atoms with Crippen LogP contribution in [0.4, 0.5) is 0 Å². The molecule has 0 bridgehead atoms. The van der Waals surface area contributed by atoms with Crippen molar-refractivity contribution >= 4 is 17.4 Å². The van der Waals surface area contributed by atoms with Crippen molar-refractivity contribution in [2.75, 3.05) is 13.2 Å². The summed E-state index contributed by atoms with van der Waals surface area (Å²) in [4.78, 5) is 27.8. The third kappa shape index (κ3) is 5.46. The van der Waals surface area contributed by atoms with Crippen LogP contribution in [0.25, 0.3) is 5.76 Å². The zero-order chi connectivity index (χ0) is 25.5. The van der Waals surface area contributed by atoms with E-state index in [1.54, 1.807) is 36.4 Å². The van der Waals surface area contributed by atoms with Gasteiger partial charge in [-0.2, -0.15) is 0 Å². The molecule has 1 aliphatic rings. The lowest BCUT2D eigenvalue weighted by molar-refractivity contribution is -0.140. The average molecular weight is 490 g/mol. The minimum Gasteiger partial charge on any atom is -0.507 e. The van der Waals surface area contributed by atoms with Crippen LogP contribution in [0.3, 0.4) is 0 Å². The molecule has 0 radical (unpaired) electrons. The van der Waals surface area contributed by atoms with Gasteiger partial charge in [0.25, 0.3) is 11.7 Å². The monoisotopic (exact) mass is 489 g/mol. The van der Waals surface area contributed by atoms with Crippen molar-refractivity contribution in [2.24, 2.45) is 0 Å². The first kappa shape index (κ1) is 25.1. The van der Waals surface area contributed by atoms with E-state index in [-0.39, 0.29) is 17.9 Å². The van der Waals surface area contributed by atoms with Gasteiger partial charge in [-0.3, -0.25) is 9.59 Å². The predicted octanol–water partition coefficient (Wildman–Crippen LogP) is 5.87. The van der Waals surface area contributed by atoms with E-state index in [1.807, 2.05) is 31.2 Å². The van der Waals surface area contributed by atoms with Crippen LogP contribution < -0.4 is 9.47 Å². The third-order valence-electron chi connectivity index (χ3n) is 6.08. The molecule has 7 nitrogen and oxygen atoms in total. The van der Waals surface area contributed by atoms with Gasteiger partial charge in [0.1, 0.15) is 23.0 Å². The summed E-state index contributed by atoms with van der Waals surface area (Å²) in [5.74, 6) is 0.156. The molecule has 1 saturated heterocycles. The number of ketones is 1. The fourth-order valence-corrected chi connectivity index (χ4v) is 4.31. The minimum absolute atomic E-state index is 0.0267. The normalized spacial score (nSPS) is 16.9. The van der Waals surface area contributed by atoms with Crippen LogP contribution in [0.5, 0.6) is 11.5 Å². The Hall–Kier alpha value is -4.00. The zero-order valence-electron chi connectivity index (χ0n) is 20.6. The number of hydrogen-bond acceptors (Lipinski definition) is 6. The van der Waals surface area contributed by atoms with Gasteiger partial charge in [0.2, 0.25) is 0 Å². The number of unbranched alkanes of at least 4 members (excludes halogenated alkanes) is 2. The summed E-state index contributed by atoms with van der Waals surface area (Å²) >= 11 is 0. The summed E-state index contributed by atoms with van der Waals surface area (Å²) in [6.45, 7) is 5.20. The number of aliphatic hydroxyl groups excluding tert-OH is 1. The van der Waals surface area contributed by atoms with Crippen molar-refractivity contribution in [3.05, 3.63) is 89.4 Å². The molecule has 1 unspecified atom stereocenters. The van der Waals surface area contributed by atoms with Gasteiger partial charge in [-0.25, -0.2) is 0 Å². The van der Waals surface area contributed by atoms with E-state index in [9.17, 15) is 14.7 Å². The van der Waals surface area contributed by atoms with E-state index < -0.39 is 17.7 Å². The highest BCUT2D eigenvalue weighted by atomic mass is 16.5. The molecule has 188 valence electrons. The first-order valence-corrected chi connectivity index (χ1v) is 12.3. The van der Waals surface area contributed by atoms with Crippen LogP contribution in [-0.2, 0) is 16.1 Å². The van der Waals surface area contributed by atoms with Crippen LogP contribution in [-0.4, -0.2) is 34.9 Å². The number of rotatable bonds is 11. The second kappa shape index (κ2) is 11.6. The van der Waals surface area contributed by atoms with Crippen LogP contribution >= 0.6 is 0 Å². The van der Waals surface area contributed by atoms with Crippen molar-refractivity contribution < 1.29 is 28.6 Å². The predicted molar refractivity (Wildman–Crippen MR) is 136 cm³/mol. The lowest BCUT2D eigenvalue weighted by atomic mass is 9.95. The number of carbonyl (C=O) groups is 2. The van der Waals surface area contributed by atoms with Gasteiger partial charge in [-0.1, -0.05) is 31.9 Å². The molecule has 0 spiro atoms. The summed E-state index contributed by atoms with van der Waals surface area (Å²) in [5, 5.41) is 11.3. The number of nitrogens with zero attached hydrogens (tertiary/aromatic N) is 1. The molecular weight excluding hydrogens is 458 g/mol. The molecule has 3 aromatic rings. The summed E-state index contributed by atoms with van der Waals surface area (Å²) in [7, 11) is 0. The number of hydrogen-bond donors (Lipinski definition) is 1. The lowest BCUT2D eigenvalue weighted by Crippen LogP contribution is -2.29. The molecule has 0 saturated carbocycles. The number of carbonyl (C=O) groups excluding carboxylic acids is 2. The van der Waals surface area contributed by atoms with E-state index in [0.717, 1.165) is 19.3 Å². The van der Waals surface area contributed by atoms with Gasteiger partial charge in [-0.05, 0) is 67.4 Å². The average Bonchev–Trinajstić information content (AvgIpc) is 3.49. The second-order valence-electron chi connectivity index (χ2n) is 8.59. The van der Waals surface area contributed by atoms with Gasteiger partial charge >= 0.3 is 0 Å². The second-order valence-corrected chi connectivity index (χ2v) is 8.59. The minimum atomic E-state index is -0.805. The maximum Gasteiger partial charge on any atom is 0.296 e. The van der Waals surface area contributed by atoms with E-state index in [4.69, 9.17) is 13.9 Å². The molecular formula is C29H31NO6. The number of furan rings is 1. The number of Topliss-reactive ketones (excluding diaryl/α,β-unsaturated/α-hetero) is 1. The van der Waals surface area contributed by atoms with Gasteiger partial charge in [0.05, 0.1) is 37.6 Å². The highest BCUT2D eigenvalue weighted by Crippen LogP contribution is 2.41. The van der Waals surface area contributed by atoms with Gasteiger partial charge < -0.3 is 23.9 Å². The van der Waals surface area contributed by atoms with E-state index in [2.05, 4.69) is 6.92 Å². The standard InChI is InChI=1S/C29H31NO6/c1-3-5-6-16-35-23-10-7-9-21(18-23)26-25(27(31)20-12-14-22(15-13-20)34-4-2)28(32)29(33)30(26)19-24-11-8-17-36-24/h7-15,17-18,26,31H,3-6,16,19H2,1-2H3. The zero-order valence-corrected chi connectivity index (χ0v) is 20.6. The van der Waals surface area contributed by atoms with Gasteiger partial charge in [0.15, 0.2) is 0 Å². The fourth-order valence-electron chi connectivity index (χ4n) is 4.31. The number of likely N-dealkylation sites (tertiary alicyclic amines) is 1. The van der Waals surface area contributed by atoms with E-state index in [0.29, 0.717) is 41.6 Å². The summed E-state index contributed by atoms with van der Waals surface area (Å²) in [6, 6.07) is 16.8. The summed E-state index contributed by atoms with van der Waals surface area (Å²) in [6.07, 6.45) is 4.63. The van der Waals surface area contributed by atoms with Crippen molar-refractivity contribution in [1.29, 1.82) is 0 Å². The van der Waals surface area contributed by atoms with Gasteiger partial charge in [0, 0.05) is 5.56 Å². The summed E-state index contributed by atoms with van der Waals surface area (Å²) < 4.78 is 16.9. The molecule has 1 fully saturated rings. The van der Waals surface area contributed by atoms with E-state index in [1.165, 1.54) is 11.2 Å². The van der Waals surface area contributed by atoms with Crippen molar-refractivity contribution in [1.82, 2.24) is 4.90 Å². The molecule has 4 rings (SSSR count).